The number of ether oxygens (including phenoxy) is 2. The summed E-state index contributed by atoms with van der Waals surface area (Å²) < 4.78 is 12.0. The molecule has 2 unspecified atom stereocenters. The summed E-state index contributed by atoms with van der Waals surface area (Å²) in [6, 6.07) is 0. The second kappa shape index (κ2) is 1.82. The molecule has 2 aliphatic heterocycles. The smallest absolute Gasteiger partial charge is 0.180 e. The van der Waals surface area contributed by atoms with Gasteiger partial charge in [0.25, 0.3) is 0 Å². The molecule has 2 aliphatic carbocycles. The zero-order valence-corrected chi connectivity index (χ0v) is 7.97. The summed E-state index contributed by atoms with van der Waals surface area (Å²) in [6.07, 6.45) is 7.99. The normalized spacial score (nSPS) is 62.8. The first-order chi connectivity index (χ1) is 6.37. The van der Waals surface area contributed by atoms with Crippen molar-refractivity contribution in [1.82, 2.24) is 0 Å². The van der Waals surface area contributed by atoms with Gasteiger partial charge in [-0.25, -0.2) is 0 Å². The maximum Gasteiger partial charge on any atom is 0.180 e. The van der Waals surface area contributed by atoms with Gasteiger partial charge in [0.05, 0.1) is 13.2 Å². The lowest BCUT2D eigenvalue weighted by atomic mass is 9.69. The third-order valence-electron chi connectivity index (χ3n) is 5.20. The van der Waals surface area contributed by atoms with Gasteiger partial charge in [0.15, 0.2) is 5.79 Å². The molecule has 4 rings (SSSR count). The van der Waals surface area contributed by atoms with E-state index in [1.165, 1.54) is 38.5 Å². The summed E-state index contributed by atoms with van der Waals surface area (Å²) in [5, 5.41) is 0. The summed E-state index contributed by atoms with van der Waals surface area (Å²) in [7, 11) is 0. The zero-order chi connectivity index (χ0) is 8.57. The molecule has 0 aromatic rings. The van der Waals surface area contributed by atoms with Crippen molar-refractivity contribution in [3.8, 4) is 0 Å². The van der Waals surface area contributed by atoms with Crippen molar-refractivity contribution in [2.24, 2.45) is 10.8 Å². The van der Waals surface area contributed by atoms with Gasteiger partial charge in [0.1, 0.15) is 0 Å². The Morgan fingerprint density at radius 1 is 0.692 bits per heavy atom. The van der Waals surface area contributed by atoms with E-state index in [0.717, 1.165) is 13.2 Å². The van der Waals surface area contributed by atoms with E-state index in [4.69, 9.17) is 9.47 Å². The SMILES string of the molecule is C1COC23OCCCC24CCC43C1. The largest absolute Gasteiger partial charge is 0.349 e. The predicted octanol–water partition coefficient (Wildman–Crippen LogP) is 2.08. The Hall–Kier alpha value is -0.0800. The van der Waals surface area contributed by atoms with Gasteiger partial charge < -0.3 is 9.47 Å². The Balaban J connectivity index is 1.82. The molecule has 0 amide bonds. The van der Waals surface area contributed by atoms with E-state index in [-0.39, 0.29) is 5.79 Å². The van der Waals surface area contributed by atoms with Crippen LogP contribution in [0.1, 0.15) is 38.5 Å². The molecule has 2 heterocycles. The summed E-state index contributed by atoms with van der Waals surface area (Å²) >= 11 is 0. The highest BCUT2D eigenvalue weighted by atomic mass is 16.7. The fourth-order valence-electron chi connectivity index (χ4n) is 4.66. The van der Waals surface area contributed by atoms with E-state index in [1.54, 1.807) is 0 Å². The summed E-state index contributed by atoms with van der Waals surface area (Å²) in [6.45, 7) is 1.87. The van der Waals surface area contributed by atoms with Crippen molar-refractivity contribution in [3.63, 3.8) is 0 Å². The van der Waals surface area contributed by atoms with Crippen LogP contribution in [0, 0.1) is 10.8 Å². The van der Waals surface area contributed by atoms with Crippen LogP contribution >= 0.6 is 0 Å². The molecule has 2 atom stereocenters. The molecular weight excluding hydrogens is 164 g/mol. The van der Waals surface area contributed by atoms with Crippen LogP contribution in [0.5, 0.6) is 0 Å². The van der Waals surface area contributed by atoms with Gasteiger partial charge in [-0.15, -0.1) is 0 Å². The Labute approximate surface area is 78.6 Å². The number of hydrogen-bond donors (Lipinski definition) is 0. The van der Waals surface area contributed by atoms with Gasteiger partial charge >= 0.3 is 0 Å². The number of rotatable bonds is 0. The maximum absolute atomic E-state index is 5.99. The van der Waals surface area contributed by atoms with E-state index < -0.39 is 0 Å². The maximum atomic E-state index is 5.99. The van der Waals surface area contributed by atoms with Crippen LogP contribution in [-0.2, 0) is 9.47 Å². The van der Waals surface area contributed by atoms with E-state index in [9.17, 15) is 0 Å². The molecule has 72 valence electrons. The lowest BCUT2D eigenvalue weighted by Gasteiger charge is -2.32. The molecule has 2 nitrogen and oxygen atoms in total. The van der Waals surface area contributed by atoms with Gasteiger partial charge in [-0.2, -0.15) is 0 Å². The third-order valence-corrected chi connectivity index (χ3v) is 5.20. The quantitative estimate of drug-likeness (QED) is 0.568. The highest BCUT2D eigenvalue weighted by molar-refractivity contribution is 5.37. The van der Waals surface area contributed by atoms with Crippen molar-refractivity contribution in [1.29, 1.82) is 0 Å². The van der Waals surface area contributed by atoms with E-state index in [1.807, 2.05) is 0 Å². The van der Waals surface area contributed by atoms with E-state index in [0.29, 0.717) is 10.8 Å². The molecule has 0 aromatic heterocycles. The summed E-state index contributed by atoms with van der Waals surface area (Å²) in [5.41, 5.74) is 0.990. The monoisotopic (exact) mass is 180 g/mol. The minimum atomic E-state index is -0.0729. The Morgan fingerprint density at radius 3 is 1.69 bits per heavy atom. The van der Waals surface area contributed by atoms with Crippen LogP contribution in [0.2, 0.25) is 0 Å². The second-order valence-electron chi connectivity index (χ2n) is 5.18. The Kier molecular flexibility index (Phi) is 1.02. The lowest BCUT2D eigenvalue weighted by Crippen LogP contribution is -2.33. The fraction of sp³-hybridized carbons (Fsp3) is 1.00. The van der Waals surface area contributed by atoms with Crippen molar-refractivity contribution < 1.29 is 9.47 Å². The van der Waals surface area contributed by atoms with Crippen LogP contribution in [0.4, 0.5) is 0 Å². The topological polar surface area (TPSA) is 18.5 Å². The van der Waals surface area contributed by atoms with Gasteiger partial charge in [-0.3, -0.25) is 0 Å². The van der Waals surface area contributed by atoms with Crippen LogP contribution < -0.4 is 0 Å². The van der Waals surface area contributed by atoms with Crippen LogP contribution in [-0.4, -0.2) is 19.0 Å². The molecule has 4 aliphatic rings. The van der Waals surface area contributed by atoms with Crippen molar-refractivity contribution >= 4 is 0 Å². The highest BCUT2D eigenvalue weighted by Gasteiger charge is 2.94. The van der Waals surface area contributed by atoms with Gasteiger partial charge in [-0.05, 0) is 38.5 Å². The molecule has 0 radical (unpaired) electrons. The van der Waals surface area contributed by atoms with Gasteiger partial charge in [-0.1, -0.05) is 0 Å². The molecule has 4 fully saturated rings. The van der Waals surface area contributed by atoms with Gasteiger partial charge in [0, 0.05) is 10.8 Å². The number of hydrogen-bond acceptors (Lipinski definition) is 2. The molecule has 0 bridgehead atoms. The first-order valence-corrected chi connectivity index (χ1v) is 5.65. The Morgan fingerprint density at radius 2 is 1.23 bits per heavy atom. The molecule has 3 spiro atoms. The van der Waals surface area contributed by atoms with E-state index >= 15 is 0 Å². The molecule has 0 N–H and O–H groups in total. The molecule has 0 aromatic carbocycles. The average Bonchev–Trinajstić information content (AvgIpc) is 2.56. The van der Waals surface area contributed by atoms with Crippen molar-refractivity contribution in [3.05, 3.63) is 0 Å². The van der Waals surface area contributed by atoms with Crippen LogP contribution in [0.15, 0.2) is 0 Å². The van der Waals surface area contributed by atoms with Crippen molar-refractivity contribution in [2.45, 2.75) is 44.3 Å². The molecule has 13 heavy (non-hydrogen) atoms. The van der Waals surface area contributed by atoms with Crippen LogP contribution in [0.3, 0.4) is 0 Å². The predicted molar refractivity (Wildman–Crippen MR) is 47.2 cm³/mol. The molecule has 2 saturated carbocycles. The zero-order valence-electron chi connectivity index (χ0n) is 7.97. The van der Waals surface area contributed by atoms with Crippen molar-refractivity contribution in [2.75, 3.05) is 13.2 Å². The molecule has 2 heteroatoms. The minimum absolute atomic E-state index is 0.0729. The summed E-state index contributed by atoms with van der Waals surface area (Å²) in [4.78, 5) is 0. The first kappa shape index (κ1) is 7.24. The Bertz CT molecular complexity index is 247. The lowest BCUT2D eigenvalue weighted by molar-refractivity contribution is -0.222. The standard InChI is InChI=1S/C11H16O2/c1-3-9-5-6-10(9)4-2-8-13-11(9,10)12-7-1/h1-8H2. The highest BCUT2D eigenvalue weighted by Crippen LogP contribution is 2.90. The molecule has 2 saturated heterocycles. The minimum Gasteiger partial charge on any atom is -0.349 e. The van der Waals surface area contributed by atoms with Gasteiger partial charge in [0.2, 0.25) is 0 Å². The average molecular weight is 180 g/mol. The second-order valence-corrected chi connectivity index (χ2v) is 5.18. The van der Waals surface area contributed by atoms with E-state index in [2.05, 4.69) is 0 Å². The first-order valence-electron chi connectivity index (χ1n) is 5.65. The van der Waals surface area contributed by atoms with Crippen LogP contribution in [0.25, 0.3) is 0 Å². The fourth-order valence-corrected chi connectivity index (χ4v) is 4.66. The third kappa shape index (κ3) is 0.471. The summed E-state index contributed by atoms with van der Waals surface area (Å²) in [5.74, 6) is -0.0729. The molecular formula is C11H16O2.